The number of hydrogen-bond acceptors (Lipinski definition) is 7. The second kappa shape index (κ2) is 7.33. The van der Waals surface area contributed by atoms with Gasteiger partial charge in [0.25, 0.3) is 0 Å². The predicted octanol–water partition coefficient (Wildman–Crippen LogP) is 5.41. The van der Waals surface area contributed by atoms with E-state index in [0.29, 0.717) is 11.7 Å². The third-order valence-electron chi connectivity index (χ3n) is 9.05. The van der Waals surface area contributed by atoms with Gasteiger partial charge in [-0.25, -0.2) is 15.0 Å². The molecule has 4 aliphatic rings. The van der Waals surface area contributed by atoms with E-state index in [2.05, 4.69) is 59.0 Å². The van der Waals surface area contributed by atoms with Crippen molar-refractivity contribution in [1.29, 1.82) is 0 Å². The van der Waals surface area contributed by atoms with Gasteiger partial charge in [-0.05, 0) is 82.4 Å². The van der Waals surface area contributed by atoms with Gasteiger partial charge in [0, 0.05) is 17.0 Å². The second-order valence-electron chi connectivity index (χ2n) is 11.9. The fraction of sp³-hybridized carbons (Fsp3) is 0.536. The predicted molar refractivity (Wildman–Crippen MR) is 144 cm³/mol. The lowest BCUT2D eigenvalue weighted by atomic mass is 9.85. The molecule has 188 valence electrons. The average molecular weight is 504 g/mol. The fourth-order valence-corrected chi connectivity index (χ4v) is 8.07. The zero-order valence-corrected chi connectivity index (χ0v) is 22.3. The minimum atomic E-state index is -0.590. The van der Waals surface area contributed by atoms with Crippen LogP contribution in [0.5, 0.6) is 0 Å². The van der Waals surface area contributed by atoms with Crippen LogP contribution in [0.1, 0.15) is 57.7 Å². The third-order valence-corrected chi connectivity index (χ3v) is 10.0. The Hall–Kier alpha value is -2.42. The molecule has 7 nitrogen and oxygen atoms in total. The number of benzene rings is 1. The summed E-state index contributed by atoms with van der Waals surface area (Å²) in [6.07, 6.45) is 9.08. The lowest BCUT2D eigenvalue weighted by Crippen LogP contribution is -2.32. The number of nitrogens with two attached hydrogens (primary N) is 1. The van der Waals surface area contributed by atoms with Crippen LogP contribution in [0.3, 0.4) is 0 Å². The van der Waals surface area contributed by atoms with E-state index in [1.165, 1.54) is 16.2 Å². The van der Waals surface area contributed by atoms with Gasteiger partial charge in [0.1, 0.15) is 23.9 Å². The van der Waals surface area contributed by atoms with Crippen LogP contribution in [0, 0.1) is 11.3 Å². The minimum Gasteiger partial charge on any atom is -0.383 e. The molecule has 0 amide bonds. The van der Waals surface area contributed by atoms with E-state index in [-0.39, 0.29) is 29.1 Å². The highest BCUT2D eigenvalue weighted by atomic mass is 32.2. The lowest BCUT2D eigenvalue weighted by Gasteiger charge is -2.24. The normalized spacial score (nSPS) is 32.9. The Kier molecular flexibility index (Phi) is 4.63. The molecular formula is C28H33N5O2S. The molecule has 3 aromatic rings. The van der Waals surface area contributed by atoms with Crippen molar-refractivity contribution in [2.24, 2.45) is 16.3 Å². The molecule has 3 fully saturated rings. The summed E-state index contributed by atoms with van der Waals surface area (Å²) in [6, 6.07) is 9.09. The van der Waals surface area contributed by atoms with Gasteiger partial charge in [0.05, 0.1) is 28.3 Å². The highest BCUT2D eigenvalue weighted by molar-refractivity contribution is 8.13. The van der Waals surface area contributed by atoms with Crippen molar-refractivity contribution in [1.82, 2.24) is 14.5 Å². The molecule has 2 saturated carbocycles. The van der Waals surface area contributed by atoms with Crippen LogP contribution in [0.2, 0.25) is 0 Å². The fourth-order valence-electron chi connectivity index (χ4n) is 7.26. The summed E-state index contributed by atoms with van der Waals surface area (Å²) in [6.45, 7) is 8.60. The molecule has 0 bridgehead atoms. The van der Waals surface area contributed by atoms with Gasteiger partial charge < -0.3 is 19.8 Å². The van der Waals surface area contributed by atoms with Crippen LogP contribution >= 0.6 is 11.8 Å². The summed E-state index contributed by atoms with van der Waals surface area (Å²) in [5.74, 6) is 0.420. The molecule has 7 rings (SSSR count). The number of nitrogens with zero attached hydrogens (tertiary/aromatic N) is 4. The average Bonchev–Trinajstić information content (AvgIpc) is 3.05. The first kappa shape index (κ1) is 22.8. The number of ether oxygens (including phenoxy) is 2. The van der Waals surface area contributed by atoms with Crippen molar-refractivity contribution < 1.29 is 9.47 Å². The van der Waals surface area contributed by atoms with Crippen LogP contribution in [-0.2, 0) is 21.3 Å². The van der Waals surface area contributed by atoms with Gasteiger partial charge in [-0.1, -0.05) is 12.1 Å². The second-order valence-corrected chi connectivity index (χ2v) is 12.7. The van der Waals surface area contributed by atoms with Crippen molar-refractivity contribution in [3.8, 4) is 0 Å². The van der Waals surface area contributed by atoms with Gasteiger partial charge in [-0.15, -0.1) is 11.8 Å². The van der Waals surface area contributed by atoms with Crippen molar-refractivity contribution in [3.63, 3.8) is 0 Å². The number of aliphatic imine (C=N–C) groups is 1. The molecule has 0 radical (unpaired) electrons. The van der Waals surface area contributed by atoms with Crippen LogP contribution in [0.4, 0.5) is 11.5 Å². The largest absolute Gasteiger partial charge is 0.383 e. The van der Waals surface area contributed by atoms with E-state index in [1.807, 2.05) is 19.9 Å². The summed E-state index contributed by atoms with van der Waals surface area (Å²) in [5, 5.41) is 2.09. The molecule has 4 heterocycles. The van der Waals surface area contributed by atoms with E-state index in [1.54, 1.807) is 18.1 Å². The van der Waals surface area contributed by atoms with Crippen molar-refractivity contribution in [3.05, 3.63) is 47.9 Å². The molecule has 2 aliphatic heterocycles. The topological polar surface area (TPSA) is 87.6 Å². The maximum Gasteiger partial charge on any atom is 0.163 e. The molecular weight excluding hydrogens is 470 g/mol. The maximum atomic E-state index is 6.59. The first-order chi connectivity index (χ1) is 17.1. The molecule has 36 heavy (non-hydrogen) atoms. The summed E-state index contributed by atoms with van der Waals surface area (Å²) < 4.78 is 15.4. The van der Waals surface area contributed by atoms with E-state index in [0.717, 1.165) is 36.0 Å². The van der Waals surface area contributed by atoms with Gasteiger partial charge in [-0.3, -0.25) is 0 Å². The lowest BCUT2D eigenvalue weighted by molar-refractivity contribution is -0.161. The molecule has 5 atom stereocenters. The number of hydrogen-bond donors (Lipinski definition) is 1. The number of fused-ring (bicyclic) bond motifs is 5. The van der Waals surface area contributed by atoms with Crippen molar-refractivity contribution >= 4 is 39.3 Å². The van der Waals surface area contributed by atoms with Gasteiger partial charge in [-0.2, -0.15) is 0 Å². The minimum absolute atomic E-state index is 0.0000896. The van der Waals surface area contributed by atoms with E-state index < -0.39 is 5.79 Å². The Bertz CT molecular complexity index is 1430. The Labute approximate surface area is 215 Å². The van der Waals surface area contributed by atoms with Gasteiger partial charge >= 0.3 is 0 Å². The Morgan fingerprint density at radius 2 is 1.97 bits per heavy atom. The first-order valence-electron chi connectivity index (χ1n) is 12.8. The molecule has 0 spiro atoms. The van der Waals surface area contributed by atoms with Crippen LogP contribution in [0.15, 0.2) is 41.8 Å². The van der Waals surface area contributed by atoms with E-state index in [9.17, 15) is 0 Å². The van der Waals surface area contributed by atoms with Crippen molar-refractivity contribution in [2.45, 2.75) is 76.4 Å². The molecule has 2 aliphatic carbocycles. The van der Waals surface area contributed by atoms with E-state index in [4.69, 9.17) is 20.2 Å². The quantitative estimate of drug-likeness (QED) is 0.512. The number of thioether (sulfide) groups is 1. The summed E-state index contributed by atoms with van der Waals surface area (Å²) in [7, 11) is 0. The van der Waals surface area contributed by atoms with Crippen LogP contribution in [-0.4, -0.2) is 43.8 Å². The zero-order valence-electron chi connectivity index (χ0n) is 21.5. The molecule has 2 aromatic heterocycles. The molecule has 1 saturated heterocycles. The number of anilines is 1. The number of nitrogen functional groups attached to an aromatic ring is 1. The number of aryl methyl sites for hydroxylation is 1. The van der Waals surface area contributed by atoms with Crippen molar-refractivity contribution in [2.75, 3.05) is 12.0 Å². The van der Waals surface area contributed by atoms with Crippen LogP contribution in [0.25, 0.3) is 11.0 Å². The summed E-state index contributed by atoms with van der Waals surface area (Å²) in [4.78, 5) is 13.7. The maximum absolute atomic E-state index is 6.59. The Morgan fingerprint density at radius 3 is 2.78 bits per heavy atom. The smallest absolute Gasteiger partial charge is 0.163 e. The Balaban J connectivity index is 1.19. The Morgan fingerprint density at radius 1 is 1.14 bits per heavy atom. The number of aromatic nitrogens is 3. The first-order valence-corrected chi connectivity index (χ1v) is 14.1. The SMILES string of the molecule is CSC1=Nc2cc(CC[C@@]34C[C@@H]3[C@@H](n3ccc5c(N)ncnc53)[C@@H]3OC(C)(C)O[C@@H]34)ccc2C1(C)C. The standard InChI is InChI=1S/C28H33N5O2S/c1-26(2)17-7-6-15(12-19(17)32-25(26)36-5)8-10-28-13-18(28)20(21-22(28)35-27(3,4)34-21)33-11-9-16-23(29)30-14-31-24(16)33/h6-7,9,11-12,14,18,20-22H,8,10,13H2,1-5H3,(H2,29,30,31)/t18-,20-,21+,22+,28-/m1/s1. The highest BCUT2D eigenvalue weighted by Gasteiger charge is 2.75. The van der Waals surface area contributed by atoms with Gasteiger partial charge in [0.15, 0.2) is 5.79 Å². The zero-order chi connectivity index (χ0) is 25.0. The molecule has 2 N–H and O–H groups in total. The number of rotatable bonds is 4. The monoisotopic (exact) mass is 503 g/mol. The van der Waals surface area contributed by atoms with Crippen LogP contribution < -0.4 is 5.73 Å². The molecule has 0 unspecified atom stereocenters. The summed E-state index contributed by atoms with van der Waals surface area (Å²) >= 11 is 1.75. The van der Waals surface area contributed by atoms with E-state index >= 15 is 0 Å². The highest BCUT2D eigenvalue weighted by Crippen LogP contribution is 2.73. The molecule has 8 heteroatoms. The third kappa shape index (κ3) is 3.04. The summed E-state index contributed by atoms with van der Waals surface area (Å²) in [5.41, 5.74) is 10.9. The molecule has 1 aromatic carbocycles. The van der Waals surface area contributed by atoms with Gasteiger partial charge in [0.2, 0.25) is 0 Å².